The third-order valence-electron chi connectivity index (χ3n) is 5.81. The molecule has 1 aromatic carbocycles. The first kappa shape index (κ1) is 23.5. The van der Waals surface area contributed by atoms with Gasteiger partial charge in [-0.2, -0.15) is 0 Å². The van der Waals surface area contributed by atoms with E-state index in [-0.39, 0.29) is 0 Å². The Morgan fingerprint density at radius 2 is 1.52 bits per heavy atom. The van der Waals surface area contributed by atoms with Gasteiger partial charge in [-0.3, -0.25) is 9.36 Å². The molecule has 3 heterocycles. The minimum absolute atomic E-state index is 0.312. The van der Waals surface area contributed by atoms with Crippen molar-refractivity contribution in [1.82, 2.24) is 51.3 Å². The Kier molecular flexibility index (Phi) is 9.36. The number of nitrogens with one attached hydrogen (secondary N) is 4. The van der Waals surface area contributed by atoms with Gasteiger partial charge >= 0.3 is 0 Å². The van der Waals surface area contributed by atoms with E-state index < -0.39 is 0 Å². The van der Waals surface area contributed by atoms with Crippen molar-refractivity contribution >= 4 is 0 Å². The summed E-state index contributed by atoms with van der Waals surface area (Å²) < 4.78 is 3.86. The average Bonchev–Trinajstić information content (AvgIpc) is 3.50. The summed E-state index contributed by atoms with van der Waals surface area (Å²) in [6.45, 7) is 7.34. The van der Waals surface area contributed by atoms with Crippen molar-refractivity contribution in [3.05, 3.63) is 60.2 Å². The lowest BCUT2D eigenvalue weighted by Gasteiger charge is -2.22. The van der Waals surface area contributed by atoms with Gasteiger partial charge in [0.15, 0.2) is 0 Å². The average molecular weight is 453 g/mol. The Morgan fingerprint density at radius 1 is 0.818 bits per heavy atom. The fraction of sp³-hybridized carbons (Fsp3) is 0.565. The van der Waals surface area contributed by atoms with E-state index >= 15 is 0 Å². The summed E-state index contributed by atoms with van der Waals surface area (Å²) >= 11 is 0. The molecule has 0 amide bonds. The van der Waals surface area contributed by atoms with Crippen LogP contribution in [0.2, 0.25) is 0 Å². The standard InChI is InChI=1S/C23H36N10/c1-2-6-20(7-3-1)14-21-17-33(31-29-21)19-23-16-25-9-4-10-26-22(15-24-8-5-11-27-23)18-32-13-12-28-30-32/h1-3,6-7,12-13,17,22-27H,4-5,8-11,14-16,18-19H2. The molecule has 4 rings (SSSR count). The Morgan fingerprint density at radius 3 is 2.18 bits per heavy atom. The van der Waals surface area contributed by atoms with Gasteiger partial charge in [0.1, 0.15) is 0 Å². The predicted octanol–water partition coefficient (Wildman–Crippen LogP) is 0.0500. The number of benzene rings is 1. The van der Waals surface area contributed by atoms with E-state index in [4.69, 9.17) is 0 Å². The molecular formula is C23H36N10. The van der Waals surface area contributed by atoms with Gasteiger partial charge in [-0.05, 0) is 44.6 Å². The van der Waals surface area contributed by atoms with Crippen LogP contribution in [0.15, 0.2) is 48.9 Å². The zero-order valence-corrected chi connectivity index (χ0v) is 19.2. The second-order valence-corrected chi connectivity index (χ2v) is 8.64. The van der Waals surface area contributed by atoms with Gasteiger partial charge in [0.2, 0.25) is 0 Å². The Balaban J connectivity index is 1.23. The third kappa shape index (κ3) is 8.32. The van der Waals surface area contributed by atoms with Crippen LogP contribution in [0.1, 0.15) is 24.1 Å². The number of hydrogen-bond acceptors (Lipinski definition) is 8. The summed E-state index contributed by atoms with van der Waals surface area (Å²) in [4.78, 5) is 0. The number of hydrogen-bond donors (Lipinski definition) is 4. The fourth-order valence-corrected chi connectivity index (χ4v) is 4.09. The van der Waals surface area contributed by atoms with Crippen molar-refractivity contribution in [1.29, 1.82) is 0 Å². The van der Waals surface area contributed by atoms with Gasteiger partial charge in [-0.25, -0.2) is 0 Å². The van der Waals surface area contributed by atoms with Gasteiger partial charge in [0.25, 0.3) is 0 Å². The highest BCUT2D eigenvalue weighted by Gasteiger charge is 2.13. The first-order chi connectivity index (χ1) is 16.3. The summed E-state index contributed by atoms with van der Waals surface area (Å²) in [5.41, 5.74) is 2.26. The first-order valence-electron chi connectivity index (χ1n) is 12.0. The monoisotopic (exact) mass is 452 g/mol. The molecule has 178 valence electrons. The number of nitrogens with zero attached hydrogens (tertiary/aromatic N) is 6. The summed E-state index contributed by atoms with van der Waals surface area (Å²) in [6.07, 6.45) is 8.67. The van der Waals surface area contributed by atoms with Gasteiger partial charge in [0, 0.05) is 44.0 Å². The fourth-order valence-electron chi connectivity index (χ4n) is 4.09. The van der Waals surface area contributed by atoms with E-state index in [9.17, 15) is 0 Å². The van der Waals surface area contributed by atoms with Gasteiger partial charge < -0.3 is 21.3 Å². The highest BCUT2D eigenvalue weighted by molar-refractivity contribution is 5.19. The topological polar surface area (TPSA) is 110 Å². The van der Waals surface area contributed by atoms with Crippen LogP contribution in [-0.4, -0.2) is 81.3 Å². The van der Waals surface area contributed by atoms with Crippen molar-refractivity contribution < 1.29 is 0 Å². The maximum absolute atomic E-state index is 4.37. The molecule has 0 saturated carbocycles. The van der Waals surface area contributed by atoms with Crippen molar-refractivity contribution in [2.75, 3.05) is 39.3 Å². The summed E-state index contributed by atoms with van der Waals surface area (Å²) in [6, 6.07) is 11.1. The number of aromatic nitrogens is 6. The highest BCUT2D eigenvalue weighted by atomic mass is 15.4. The third-order valence-corrected chi connectivity index (χ3v) is 5.81. The molecule has 10 heteroatoms. The molecule has 2 aromatic heterocycles. The maximum atomic E-state index is 4.37. The SMILES string of the molecule is c1ccc(Cc2cn(CC3CNCCCNC(Cn4ccnn4)CNCCCN3)nn2)cc1. The maximum Gasteiger partial charge on any atom is 0.0870 e. The Labute approximate surface area is 195 Å². The molecule has 3 aromatic rings. The predicted molar refractivity (Wildman–Crippen MR) is 128 cm³/mol. The van der Waals surface area contributed by atoms with Crippen LogP contribution >= 0.6 is 0 Å². The van der Waals surface area contributed by atoms with Crippen LogP contribution in [0, 0.1) is 0 Å². The molecule has 0 spiro atoms. The molecule has 0 aliphatic carbocycles. The molecule has 2 unspecified atom stereocenters. The number of rotatable bonds is 6. The van der Waals surface area contributed by atoms with Crippen molar-refractivity contribution in [2.24, 2.45) is 0 Å². The van der Waals surface area contributed by atoms with E-state index in [1.807, 2.05) is 21.6 Å². The summed E-state index contributed by atoms with van der Waals surface area (Å²) in [5.74, 6) is 0. The van der Waals surface area contributed by atoms with Crippen molar-refractivity contribution in [3.63, 3.8) is 0 Å². The molecule has 2 atom stereocenters. The van der Waals surface area contributed by atoms with Gasteiger partial charge in [-0.15, -0.1) is 10.2 Å². The molecule has 1 saturated heterocycles. The van der Waals surface area contributed by atoms with E-state index in [0.29, 0.717) is 12.1 Å². The molecule has 0 bridgehead atoms. The Hall–Kier alpha value is -2.66. The van der Waals surface area contributed by atoms with Crippen LogP contribution in [0.25, 0.3) is 0 Å². The zero-order chi connectivity index (χ0) is 22.6. The van der Waals surface area contributed by atoms with Crippen LogP contribution < -0.4 is 21.3 Å². The summed E-state index contributed by atoms with van der Waals surface area (Å²) in [7, 11) is 0. The lowest BCUT2D eigenvalue weighted by molar-refractivity contribution is 0.370. The van der Waals surface area contributed by atoms with E-state index in [1.54, 1.807) is 6.20 Å². The second-order valence-electron chi connectivity index (χ2n) is 8.64. The largest absolute Gasteiger partial charge is 0.315 e. The van der Waals surface area contributed by atoms with Crippen LogP contribution in [0.3, 0.4) is 0 Å². The molecule has 1 fully saturated rings. The van der Waals surface area contributed by atoms with Crippen molar-refractivity contribution in [3.8, 4) is 0 Å². The van der Waals surface area contributed by atoms with E-state index in [1.165, 1.54) is 5.56 Å². The van der Waals surface area contributed by atoms with E-state index in [0.717, 1.165) is 77.3 Å². The van der Waals surface area contributed by atoms with E-state index in [2.05, 4.69) is 72.4 Å². The molecule has 4 N–H and O–H groups in total. The normalized spacial score (nSPS) is 21.5. The molecule has 0 radical (unpaired) electrons. The lowest BCUT2D eigenvalue weighted by Crippen LogP contribution is -2.46. The second kappa shape index (κ2) is 13.1. The first-order valence-corrected chi connectivity index (χ1v) is 12.0. The molecule has 10 nitrogen and oxygen atoms in total. The van der Waals surface area contributed by atoms with Gasteiger partial charge in [-0.1, -0.05) is 40.8 Å². The molecule has 1 aliphatic rings. The Bertz CT molecular complexity index is 879. The lowest BCUT2D eigenvalue weighted by atomic mass is 10.1. The molecular weight excluding hydrogens is 416 g/mol. The zero-order valence-electron chi connectivity index (χ0n) is 19.2. The van der Waals surface area contributed by atoms with Crippen LogP contribution in [0.4, 0.5) is 0 Å². The summed E-state index contributed by atoms with van der Waals surface area (Å²) in [5, 5.41) is 31.3. The van der Waals surface area contributed by atoms with Crippen LogP contribution in [0.5, 0.6) is 0 Å². The van der Waals surface area contributed by atoms with Crippen LogP contribution in [-0.2, 0) is 19.5 Å². The smallest absolute Gasteiger partial charge is 0.0870 e. The molecule has 33 heavy (non-hydrogen) atoms. The quantitative estimate of drug-likeness (QED) is 0.415. The van der Waals surface area contributed by atoms with Crippen molar-refractivity contribution in [2.45, 2.75) is 44.4 Å². The minimum Gasteiger partial charge on any atom is -0.315 e. The highest BCUT2D eigenvalue weighted by Crippen LogP contribution is 2.06. The molecule has 1 aliphatic heterocycles. The minimum atomic E-state index is 0.312. The van der Waals surface area contributed by atoms with Gasteiger partial charge in [0.05, 0.1) is 25.0 Å².